The van der Waals surface area contributed by atoms with Crippen LogP contribution in [-0.4, -0.2) is 18.5 Å². The lowest BCUT2D eigenvalue weighted by atomic mass is 9.44. The van der Waals surface area contributed by atoms with Gasteiger partial charge in [-0.2, -0.15) is 5.26 Å². The molecule has 0 aromatic carbocycles. The molecule has 2 N–H and O–H groups in total. The van der Waals surface area contributed by atoms with Crippen molar-refractivity contribution in [3.63, 3.8) is 0 Å². The van der Waals surface area contributed by atoms with E-state index >= 15 is 0 Å². The number of hydrogen-bond acceptors (Lipinski definition) is 4. The molecule has 4 saturated carbocycles. The molecule has 4 fully saturated rings. The number of nitrogens with zero attached hydrogens (tertiary/aromatic N) is 1. The molecule has 0 bridgehead atoms. The zero-order valence-electron chi connectivity index (χ0n) is 18.8. The molecule has 0 aliphatic heterocycles. The molecule has 8 unspecified atom stereocenters. The normalized spacial score (nSPS) is 43.4. The highest BCUT2D eigenvalue weighted by Crippen LogP contribution is 2.63. The van der Waals surface area contributed by atoms with Crippen LogP contribution < -0.4 is 5.32 Å². The number of hydrogen-bond donors (Lipinski definition) is 2. The van der Waals surface area contributed by atoms with E-state index in [4.69, 9.17) is 10.7 Å². The van der Waals surface area contributed by atoms with Gasteiger partial charge in [0.2, 0.25) is 0 Å². The summed E-state index contributed by atoms with van der Waals surface area (Å²) < 4.78 is 0. The second-order valence-corrected chi connectivity index (χ2v) is 11.1. The van der Waals surface area contributed by atoms with Crippen molar-refractivity contribution in [3.8, 4) is 6.07 Å². The zero-order chi connectivity index (χ0) is 21.3. The molecule has 0 aromatic heterocycles. The minimum absolute atomic E-state index is 0.146. The molecule has 8 atom stereocenters. The summed E-state index contributed by atoms with van der Waals surface area (Å²) >= 11 is 0. The van der Waals surface area contributed by atoms with Gasteiger partial charge in [0, 0.05) is 18.3 Å². The fourth-order valence-electron chi connectivity index (χ4n) is 8.30. The SMILES string of the molecule is CC1CCC2C(CCC3C2CCC2(C)C(C(=O)CN/C=C(/C#N)C=N)CCCC32)C1. The van der Waals surface area contributed by atoms with Gasteiger partial charge in [-0.15, -0.1) is 0 Å². The number of allylic oxidation sites excluding steroid dienone is 1. The van der Waals surface area contributed by atoms with Gasteiger partial charge >= 0.3 is 0 Å². The summed E-state index contributed by atoms with van der Waals surface area (Å²) in [5.74, 6) is 5.76. The van der Waals surface area contributed by atoms with E-state index in [0.717, 1.165) is 42.2 Å². The molecular formula is C26H39N3O. The number of Topliss-reactive ketones (excluding diaryl/α,β-unsaturated/α-hetero) is 1. The number of nitriles is 1. The van der Waals surface area contributed by atoms with E-state index in [0.29, 0.717) is 11.7 Å². The minimum Gasteiger partial charge on any atom is -0.383 e. The molecule has 4 rings (SSSR count). The van der Waals surface area contributed by atoms with Crippen molar-refractivity contribution in [2.24, 2.45) is 46.8 Å². The van der Waals surface area contributed by atoms with Crippen molar-refractivity contribution in [1.82, 2.24) is 5.32 Å². The third-order valence-corrected chi connectivity index (χ3v) is 9.67. The molecule has 0 aromatic rings. The molecule has 0 amide bonds. The van der Waals surface area contributed by atoms with E-state index in [1.807, 2.05) is 6.07 Å². The zero-order valence-corrected chi connectivity index (χ0v) is 18.8. The van der Waals surface area contributed by atoms with E-state index in [9.17, 15) is 4.79 Å². The average Bonchev–Trinajstić information content (AvgIpc) is 2.75. The van der Waals surface area contributed by atoms with Crippen LogP contribution in [0.15, 0.2) is 11.8 Å². The first-order chi connectivity index (χ1) is 14.5. The van der Waals surface area contributed by atoms with Gasteiger partial charge in [-0.25, -0.2) is 0 Å². The van der Waals surface area contributed by atoms with Crippen molar-refractivity contribution >= 4 is 12.0 Å². The fourth-order valence-corrected chi connectivity index (χ4v) is 8.30. The Kier molecular flexibility index (Phi) is 6.37. The maximum Gasteiger partial charge on any atom is 0.155 e. The molecule has 4 aliphatic carbocycles. The molecule has 4 aliphatic rings. The second kappa shape index (κ2) is 8.85. The van der Waals surface area contributed by atoms with Gasteiger partial charge in [-0.3, -0.25) is 4.79 Å². The van der Waals surface area contributed by atoms with Gasteiger partial charge in [0.1, 0.15) is 6.07 Å². The van der Waals surface area contributed by atoms with Crippen molar-refractivity contribution in [2.45, 2.75) is 78.1 Å². The maximum absolute atomic E-state index is 13.2. The maximum atomic E-state index is 13.2. The van der Waals surface area contributed by atoms with Crippen LogP contribution in [0.1, 0.15) is 78.1 Å². The number of nitrogens with one attached hydrogen (secondary N) is 2. The Hall–Kier alpha value is -1.63. The first-order valence-electron chi connectivity index (χ1n) is 12.3. The van der Waals surface area contributed by atoms with Crippen LogP contribution in [-0.2, 0) is 4.79 Å². The van der Waals surface area contributed by atoms with Crippen LogP contribution in [0.5, 0.6) is 0 Å². The number of ketones is 1. The Morgan fingerprint density at radius 1 is 1.13 bits per heavy atom. The summed E-state index contributed by atoms with van der Waals surface area (Å²) in [5, 5.41) is 19.2. The van der Waals surface area contributed by atoms with E-state index in [-0.39, 0.29) is 23.5 Å². The highest BCUT2D eigenvalue weighted by atomic mass is 16.1. The molecule has 4 heteroatoms. The van der Waals surface area contributed by atoms with Crippen LogP contribution in [0.25, 0.3) is 0 Å². The molecule has 0 spiro atoms. The molecule has 0 heterocycles. The molecule has 0 radical (unpaired) electrons. The highest BCUT2D eigenvalue weighted by molar-refractivity contribution is 5.84. The predicted molar refractivity (Wildman–Crippen MR) is 120 cm³/mol. The Morgan fingerprint density at radius 2 is 1.93 bits per heavy atom. The van der Waals surface area contributed by atoms with Gasteiger partial charge in [0.05, 0.1) is 12.1 Å². The van der Waals surface area contributed by atoms with Crippen molar-refractivity contribution in [3.05, 3.63) is 11.8 Å². The van der Waals surface area contributed by atoms with Gasteiger partial charge in [0.15, 0.2) is 5.78 Å². The molecule has 164 valence electrons. The quantitative estimate of drug-likeness (QED) is 0.465. The second-order valence-electron chi connectivity index (χ2n) is 11.1. The molecule has 4 nitrogen and oxygen atoms in total. The fraction of sp³-hybridized carbons (Fsp3) is 0.808. The van der Waals surface area contributed by atoms with Crippen LogP contribution in [0.3, 0.4) is 0 Å². The number of fused-ring (bicyclic) bond motifs is 5. The topological polar surface area (TPSA) is 76.7 Å². The molecule has 0 saturated heterocycles. The van der Waals surface area contributed by atoms with E-state index in [1.54, 1.807) is 0 Å². The highest BCUT2D eigenvalue weighted by Gasteiger charge is 2.56. The largest absolute Gasteiger partial charge is 0.383 e. The Balaban J connectivity index is 1.46. The van der Waals surface area contributed by atoms with Crippen molar-refractivity contribution < 1.29 is 4.79 Å². The number of rotatable bonds is 5. The summed E-state index contributed by atoms with van der Waals surface area (Å²) in [6.45, 7) is 5.16. The monoisotopic (exact) mass is 409 g/mol. The Bertz CT molecular complexity index is 737. The first-order valence-corrected chi connectivity index (χ1v) is 12.3. The summed E-state index contributed by atoms with van der Waals surface area (Å²) in [7, 11) is 0. The Morgan fingerprint density at radius 3 is 2.70 bits per heavy atom. The predicted octanol–water partition coefficient (Wildman–Crippen LogP) is 5.50. The molecule has 30 heavy (non-hydrogen) atoms. The number of carbonyl (C=O) groups excluding carboxylic acids is 1. The third-order valence-electron chi connectivity index (χ3n) is 9.67. The van der Waals surface area contributed by atoms with Gasteiger partial charge in [-0.1, -0.05) is 26.7 Å². The van der Waals surface area contributed by atoms with E-state index in [1.165, 1.54) is 64.0 Å². The van der Waals surface area contributed by atoms with Gasteiger partial charge in [-0.05, 0) is 92.3 Å². The van der Waals surface area contributed by atoms with Crippen molar-refractivity contribution in [2.75, 3.05) is 6.54 Å². The summed E-state index contributed by atoms with van der Waals surface area (Å²) in [6.07, 6.45) is 15.7. The van der Waals surface area contributed by atoms with Crippen LogP contribution in [0, 0.1) is 63.6 Å². The first kappa shape index (κ1) is 21.6. The summed E-state index contributed by atoms with van der Waals surface area (Å²) in [5.41, 5.74) is 0.408. The molecular weight excluding hydrogens is 370 g/mol. The average molecular weight is 410 g/mol. The number of carbonyl (C=O) groups is 1. The lowest BCUT2D eigenvalue weighted by Gasteiger charge is -2.60. The lowest BCUT2D eigenvalue weighted by Crippen LogP contribution is -2.54. The van der Waals surface area contributed by atoms with Gasteiger partial charge in [0.25, 0.3) is 0 Å². The smallest absolute Gasteiger partial charge is 0.155 e. The summed E-state index contributed by atoms with van der Waals surface area (Å²) in [4.78, 5) is 13.2. The van der Waals surface area contributed by atoms with Crippen molar-refractivity contribution in [1.29, 1.82) is 10.7 Å². The minimum atomic E-state index is 0.146. The Labute approximate surface area is 182 Å². The lowest BCUT2D eigenvalue weighted by molar-refractivity contribution is -0.143. The van der Waals surface area contributed by atoms with E-state index < -0.39 is 0 Å². The van der Waals surface area contributed by atoms with Gasteiger partial charge < -0.3 is 10.7 Å². The summed E-state index contributed by atoms with van der Waals surface area (Å²) in [6, 6.07) is 1.96. The third kappa shape index (κ3) is 3.85. The van der Waals surface area contributed by atoms with E-state index in [2.05, 4.69) is 19.2 Å². The van der Waals surface area contributed by atoms with Crippen LogP contribution in [0.4, 0.5) is 0 Å². The van der Waals surface area contributed by atoms with Crippen LogP contribution in [0.2, 0.25) is 0 Å². The standard InChI is InChI=1S/C26H39N3O/c1-17-6-8-20-19(12-17)7-9-22-21(20)10-11-26(2)23(22)4-3-5-24(26)25(30)16-29-15-18(13-27)14-28/h13,15,17,19-24,27,29H,3-12,16H2,1-2H3/b18-15+,27-13?. The van der Waals surface area contributed by atoms with Crippen LogP contribution >= 0.6 is 0 Å².